The third-order valence-electron chi connectivity index (χ3n) is 3.92. The predicted octanol–water partition coefficient (Wildman–Crippen LogP) is 4.98. The molecule has 0 aliphatic carbocycles. The summed E-state index contributed by atoms with van der Waals surface area (Å²) in [6.45, 7) is 8.53. The average Bonchev–Trinajstić information content (AvgIpc) is 3.09. The van der Waals surface area contributed by atoms with Gasteiger partial charge in [-0.1, -0.05) is 29.4 Å². The van der Waals surface area contributed by atoms with E-state index in [0.29, 0.717) is 17.1 Å². The van der Waals surface area contributed by atoms with E-state index in [9.17, 15) is 9.59 Å². The van der Waals surface area contributed by atoms with Crippen molar-refractivity contribution in [2.24, 2.45) is 0 Å². The molecule has 0 fully saturated rings. The number of rotatable bonds is 4. The molecule has 8 heteroatoms. The van der Waals surface area contributed by atoms with E-state index in [0.717, 1.165) is 11.1 Å². The van der Waals surface area contributed by atoms with Crippen molar-refractivity contribution in [3.63, 3.8) is 0 Å². The van der Waals surface area contributed by atoms with E-state index in [2.05, 4.69) is 15.5 Å². The number of aromatic nitrogens is 2. The predicted molar refractivity (Wildman–Crippen MR) is 111 cm³/mol. The van der Waals surface area contributed by atoms with Crippen LogP contribution in [0.4, 0.5) is 10.5 Å². The number of anilines is 1. The first-order chi connectivity index (χ1) is 14.1. The summed E-state index contributed by atoms with van der Waals surface area (Å²) in [5, 5.41) is 6.65. The molecule has 0 radical (unpaired) electrons. The van der Waals surface area contributed by atoms with Gasteiger partial charge in [0.05, 0.1) is 5.56 Å². The van der Waals surface area contributed by atoms with Crippen LogP contribution in [0.3, 0.4) is 0 Å². The molecule has 8 nitrogen and oxygen atoms in total. The second-order valence-corrected chi connectivity index (χ2v) is 7.67. The Bertz CT molecular complexity index is 1080. The minimum Gasteiger partial charge on any atom is -0.444 e. The minimum absolute atomic E-state index is 0.177. The van der Waals surface area contributed by atoms with Crippen molar-refractivity contribution in [2.75, 3.05) is 5.32 Å². The van der Waals surface area contributed by atoms with E-state index in [1.54, 1.807) is 32.9 Å². The van der Waals surface area contributed by atoms with Crippen LogP contribution in [0.15, 0.2) is 47.0 Å². The van der Waals surface area contributed by atoms with Gasteiger partial charge in [-0.2, -0.15) is 4.98 Å². The molecule has 1 aromatic heterocycles. The molecule has 30 heavy (non-hydrogen) atoms. The molecule has 0 aliphatic rings. The van der Waals surface area contributed by atoms with E-state index < -0.39 is 17.7 Å². The summed E-state index contributed by atoms with van der Waals surface area (Å²) in [6.07, 6.45) is -0.622. The Kier molecular flexibility index (Phi) is 5.86. The molecule has 0 saturated heterocycles. The Hall–Kier alpha value is -3.68. The number of carbonyl (C=O) groups excluding carboxylic acids is 2. The molecule has 1 amide bonds. The van der Waals surface area contributed by atoms with Gasteiger partial charge in [0.25, 0.3) is 5.89 Å². The molecule has 0 bridgehead atoms. The van der Waals surface area contributed by atoms with Crippen LogP contribution in [0.5, 0.6) is 5.75 Å². The number of benzene rings is 2. The molecule has 3 aromatic rings. The summed E-state index contributed by atoms with van der Waals surface area (Å²) < 4.78 is 15.9. The highest BCUT2D eigenvalue weighted by molar-refractivity contribution is 5.86. The number of aryl methyl sites for hydroxylation is 1. The van der Waals surface area contributed by atoms with Crippen LogP contribution in [0, 0.1) is 6.92 Å². The van der Waals surface area contributed by atoms with Crippen molar-refractivity contribution in [1.29, 1.82) is 0 Å². The van der Waals surface area contributed by atoms with Gasteiger partial charge in [0, 0.05) is 24.2 Å². The van der Waals surface area contributed by atoms with Crippen LogP contribution in [0.25, 0.3) is 22.8 Å². The number of nitrogens with zero attached hydrogens (tertiary/aromatic N) is 2. The van der Waals surface area contributed by atoms with Gasteiger partial charge < -0.3 is 14.0 Å². The summed E-state index contributed by atoms with van der Waals surface area (Å²) in [7, 11) is 0. The van der Waals surface area contributed by atoms with Crippen molar-refractivity contribution in [3.8, 4) is 28.6 Å². The first kappa shape index (κ1) is 21.0. The molecule has 0 unspecified atom stereocenters. The Morgan fingerprint density at radius 1 is 1.07 bits per heavy atom. The molecular formula is C22H23N3O5. The maximum absolute atomic E-state index is 12.0. The summed E-state index contributed by atoms with van der Waals surface area (Å²) >= 11 is 0. The molecule has 2 aromatic carbocycles. The Morgan fingerprint density at radius 2 is 1.80 bits per heavy atom. The van der Waals surface area contributed by atoms with E-state index in [4.69, 9.17) is 14.0 Å². The van der Waals surface area contributed by atoms with Gasteiger partial charge in [0.2, 0.25) is 5.82 Å². The average molecular weight is 409 g/mol. The molecule has 156 valence electrons. The summed E-state index contributed by atoms with van der Waals surface area (Å²) in [4.78, 5) is 28.1. The fourth-order valence-corrected chi connectivity index (χ4v) is 2.70. The van der Waals surface area contributed by atoms with Crippen LogP contribution in [-0.2, 0) is 9.53 Å². The molecule has 0 atom stereocenters. The van der Waals surface area contributed by atoms with Crippen molar-refractivity contribution >= 4 is 17.7 Å². The van der Waals surface area contributed by atoms with E-state index in [1.165, 1.54) is 13.0 Å². The monoisotopic (exact) mass is 409 g/mol. The lowest BCUT2D eigenvalue weighted by Gasteiger charge is -2.19. The fourth-order valence-electron chi connectivity index (χ4n) is 2.70. The molecular weight excluding hydrogens is 386 g/mol. The van der Waals surface area contributed by atoms with Crippen LogP contribution < -0.4 is 10.1 Å². The zero-order valence-electron chi connectivity index (χ0n) is 17.5. The number of hydrogen-bond donors (Lipinski definition) is 1. The van der Waals surface area contributed by atoms with Crippen molar-refractivity contribution < 1.29 is 23.6 Å². The molecule has 0 spiro atoms. The van der Waals surface area contributed by atoms with E-state index in [1.807, 2.05) is 31.2 Å². The van der Waals surface area contributed by atoms with Crippen molar-refractivity contribution in [3.05, 3.63) is 48.0 Å². The zero-order chi connectivity index (χ0) is 21.9. The van der Waals surface area contributed by atoms with Crippen molar-refractivity contribution in [2.45, 2.75) is 40.2 Å². The van der Waals surface area contributed by atoms with Crippen molar-refractivity contribution in [1.82, 2.24) is 10.1 Å². The highest BCUT2D eigenvalue weighted by Gasteiger charge is 2.20. The lowest BCUT2D eigenvalue weighted by Crippen LogP contribution is -2.27. The number of hydrogen-bond acceptors (Lipinski definition) is 7. The normalized spacial score (nSPS) is 11.1. The highest BCUT2D eigenvalue weighted by Crippen LogP contribution is 2.33. The number of esters is 1. The summed E-state index contributed by atoms with van der Waals surface area (Å²) in [6, 6.07) is 12.4. The van der Waals surface area contributed by atoms with E-state index in [-0.39, 0.29) is 11.6 Å². The largest absolute Gasteiger partial charge is 0.444 e. The standard InChI is InChI=1S/C22H23N3O5/c1-13-8-6-7-9-16(13)19-24-20(30-25-19)17-11-10-15(12-18(17)28-14(2)26)23-21(27)29-22(3,4)5/h6-12H,1-5H3,(H,23,27). The van der Waals surface area contributed by atoms with Crippen LogP contribution in [0.1, 0.15) is 33.3 Å². The smallest absolute Gasteiger partial charge is 0.412 e. The van der Waals surface area contributed by atoms with Crippen LogP contribution in [0.2, 0.25) is 0 Å². The summed E-state index contributed by atoms with van der Waals surface area (Å²) in [5.41, 5.74) is 2.01. The van der Waals surface area contributed by atoms with Gasteiger partial charge in [-0.05, 0) is 45.4 Å². The van der Waals surface area contributed by atoms with Crippen LogP contribution in [-0.4, -0.2) is 27.8 Å². The van der Waals surface area contributed by atoms with Gasteiger partial charge >= 0.3 is 12.1 Å². The number of nitrogens with one attached hydrogen (secondary N) is 1. The fraction of sp³-hybridized carbons (Fsp3) is 0.273. The number of ether oxygens (including phenoxy) is 2. The second-order valence-electron chi connectivity index (χ2n) is 7.67. The van der Waals surface area contributed by atoms with E-state index >= 15 is 0 Å². The van der Waals surface area contributed by atoms with Gasteiger partial charge in [-0.15, -0.1) is 0 Å². The minimum atomic E-state index is -0.640. The molecule has 1 heterocycles. The molecule has 1 N–H and O–H groups in total. The third-order valence-corrected chi connectivity index (χ3v) is 3.92. The molecule has 0 aliphatic heterocycles. The highest BCUT2D eigenvalue weighted by atomic mass is 16.6. The topological polar surface area (TPSA) is 104 Å². The maximum atomic E-state index is 12.0. The first-order valence-corrected chi connectivity index (χ1v) is 9.35. The molecule has 0 saturated carbocycles. The number of amides is 1. The van der Waals surface area contributed by atoms with Gasteiger partial charge in [-0.25, -0.2) is 4.79 Å². The van der Waals surface area contributed by atoms with Gasteiger partial charge in [0.1, 0.15) is 11.4 Å². The quantitative estimate of drug-likeness (QED) is 0.478. The summed E-state index contributed by atoms with van der Waals surface area (Å²) in [5.74, 6) is 0.265. The second kappa shape index (κ2) is 8.36. The SMILES string of the molecule is CC(=O)Oc1cc(NC(=O)OC(C)(C)C)ccc1-c1nc(-c2ccccc2C)no1. The Labute approximate surface area is 174 Å². The van der Waals surface area contributed by atoms with Crippen LogP contribution >= 0.6 is 0 Å². The van der Waals surface area contributed by atoms with Gasteiger partial charge in [0.15, 0.2) is 0 Å². The number of carbonyl (C=O) groups is 2. The first-order valence-electron chi connectivity index (χ1n) is 9.35. The zero-order valence-corrected chi connectivity index (χ0v) is 17.5. The lowest BCUT2D eigenvalue weighted by molar-refractivity contribution is -0.131. The maximum Gasteiger partial charge on any atom is 0.412 e. The Balaban J connectivity index is 1.92. The lowest BCUT2D eigenvalue weighted by atomic mass is 10.1. The third kappa shape index (κ3) is 5.22. The molecule has 3 rings (SSSR count). The Morgan fingerprint density at radius 3 is 2.47 bits per heavy atom. The van der Waals surface area contributed by atoms with Gasteiger partial charge in [-0.3, -0.25) is 10.1 Å².